The Morgan fingerprint density at radius 1 is 1.36 bits per heavy atom. The van der Waals surface area contributed by atoms with Crippen LogP contribution in [0, 0.1) is 5.92 Å². The van der Waals surface area contributed by atoms with Gasteiger partial charge in [0, 0.05) is 44.5 Å². The highest BCUT2D eigenvalue weighted by atomic mass is 16.4. The summed E-state index contributed by atoms with van der Waals surface area (Å²) < 4.78 is 0. The van der Waals surface area contributed by atoms with Crippen molar-refractivity contribution in [2.45, 2.75) is 26.2 Å². The van der Waals surface area contributed by atoms with E-state index in [-0.39, 0.29) is 24.8 Å². The lowest BCUT2D eigenvalue weighted by atomic mass is 9.95. The second kappa shape index (κ2) is 7.72. The molecule has 1 aliphatic rings. The fourth-order valence-electron chi connectivity index (χ4n) is 2.72. The van der Waals surface area contributed by atoms with Crippen molar-refractivity contribution in [2.75, 3.05) is 31.1 Å². The van der Waals surface area contributed by atoms with Gasteiger partial charge >= 0.3 is 5.97 Å². The molecule has 2 rings (SSSR count). The summed E-state index contributed by atoms with van der Waals surface area (Å²) in [6.45, 7) is 4.26. The molecule has 0 atom stereocenters. The number of nitrogens with zero attached hydrogens (tertiary/aromatic N) is 4. The van der Waals surface area contributed by atoms with Crippen LogP contribution in [-0.2, 0) is 9.59 Å². The van der Waals surface area contributed by atoms with Gasteiger partial charge < -0.3 is 14.9 Å². The molecule has 7 heteroatoms. The average molecular weight is 306 g/mol. The van der Waals surface area contributed by atoms with Gasteiger partial charge in [0.2, 0.25) is 5.91 Å². The first-order valence-corrected chi connectivity index (χ1v) is 7.63. The first-order valence-electron chi connectivity index (χ1n) is 7.63. The Bertz CT molecular complexity index is 501. The molecule has 0 saturated carbocycles. The number of rotatable bonds is 6. The van der Waals surface area contributed by atoms with Crippen LogP contribution in [0.3, 0.4) is 0 Å². The Hall–Kier alpha value is -2.18. The number of amides is 1. The fraction of sp³-hybridized carbons (Fsp3) is 0.600. The lowest BCUT2D eigenvalue weighted by molar-refractivity contribution is -0.140. The minimum Gasteiger partial charge on any atom is -0.481 e. The van der Waals surface area contributed by atoms with E-state index in [9.17, 15) is 9.59 Å². The van der Waals surface area contributed by atoms with Gasteiger partial charge in [-0.05, 0) is 19.8 Å². The standard InChI is InChI=1S/C15H22N4O3/c1-2-18(10-5-14(20)21)15(22)12-3-8-19(9-4-12)13-11-16-6-7-17-13/h6-7,11-12H,2-5,8-10H2,1H3,(H,20,21). The number of piperidine rings is 1. The van der Waals surface area contributed by atoms with Gasteiger partial charge in [0.1, 0.15) is 5.82 Å². The van der Waals surface area contributed by atoms with E-state index >= 15 is 0 Å². The Morgan fingerprint density at radius 3 is 2.64 bits per heavy atom. The molecule has 0 unspecified atom stereocenters. The summed E-state index contributed by atoms with van der Waals surface area (Å²) in [7, 11) is 0. The first kappa shape index (κ1) is 16.2. The third-order valence-electron chi connectivity index (χ3n) is 4.01. The summed E-state index contributed by atoms with van der Waals surface area (Å²) in [5, 5.41) is 8.75. The van der Waals surface area contributed by atoms with Gasteiger partial charge in [0.25, 0.3) is 0 Å². The maximum absolute atomic E-state index is 12.5. The molecule has 0 aliphatic carbocycles. The predicted molar refractivity (Wildman–Crippen MR) is 81.5 cm³/mol. The largest absolute Gasteiger partial charge is 0.481 e. The number of hydrogen-bond donors (Lipinski definition) is 1. The van der Waals surface area contributed by atoms with Crippen molar-refractivity contribution in [2.24, 2.45) is 5.92 Å². The van der Waals surface area contributed by atoms with Gasteiger partial charge in [0.15, 0.2) is 0 Å². The molecule has 1 saturated heterocycles. The number of carboxylic acid groups (broad SMARTS) is 1. The summed E-state index contributed by atoms with van der Waals surface area (Å²) >= 11 is 0. The number of anilines is 1. The summed E-state index contributed by atoms with van der Waals surface area (Å²) in [6.07, 6.45) is 6.56. The molecule has 1 aromatic heterocycles. The summed E-state index contributed by atoms with van der Waals surface area (Å²) in [6, 6.07) is 0. The van der Waals surface area contributed by atoms with Gasteiger partial charge in [-0.15, -0.1) is 0 Å². The van der Waals surface area contributed by atoms with E-state index in [1.807, 2.05) is 6.92 Å². The van der Waals surface area contributed by atoms with Crippen LogP contribution < -0.4 is 4.90 Å². The predicted octanol–water partition coefficient (Wildman–Crippen LogP) is 1.02. The van der Waals surface area contributed by atoms with E-state index in [1.54, 1.807) is 23.5 Å². The molecule has 0 radical (unpaired) electrons. The van der Waals surface area contributed by atoms with Crippen LogP contribution >= 0.6 is 0 Å². The molecular weight excluding hydrogens is 284 g/mol. The molecule has 2 heterocycles. The van der Waals surface area contributed by atoms with Crippen molar-refractivity contribution in [3.63, 3.8) is 0 Å². The molecule has 1 aromatic rings. The highest BCUT2D eigenvalue weighted by molar-refractivity contribution is 5.79. The van der Waals surface area contributed by atoms with Crippen LogP contribution in [0.2, 0.25) is 0 Å². The quantitative estimate of drug-likeness (QED) is 0.844. The van der Waals surface area contributed by atoms with Crippen molar-refractivity contribution in [1.82, 2.24) is 14.9 Å². The monoisotopic (exact) mass is 306 g/mol. The maximum Gasteiger partial charge on any atom is 0.305 e. The molecule has 1 amide bonds. The van der Waals surface area contributed by atoms with Crippen molar-refractivity contribution in [3.05, 3.63) is 18.6 Å². The molecule has 0 aromatic carbocycles. The minimum absolute atomic E-state index is 0.00195. The topological polar surface area (TPSA) is 86.6 Å². The van der Waals surface area contributed by atoms with Crippen LogP contribution in [0.1, 0.15) is 26.2 Å². The number of hydrogen-bond acceptors (Lipinski definition) is 5. The smallest absolute Gasteiger partial charge is 0.305 e. The number of aliphatic carboxylic acids is 1. The summed E-state index contributed by atoms with van der Waals surface area (Å²) in [4.78, 5) is 35.2. The molecule has 7 nitrogen and oxygen atoms in total. The van der Waals surface area contributed by atoms with E-state index < -0.39 is 5.97 Å². The zero-order valence-corrected chi connectivity index (χ0v) is 12.8. The highest BCUT2D eigenvalue weighted by Gasteiger charge is 2.28. The summed E-state index contributed by atoms with van der Waals surface area (Å²) in [5.41, 5.74) is 0. The van der Waals surface area contributed by atoms with Crippen molar-refractivity contribution in [3.8, 4) is 0 Å². The second-order valence-corrected chi connectivity index (χ2v) is 5.39. The van der Waals surface area contributed by atoms with E-state index in [0.717, 1.165) is 31.7 Å². The van der Waals surface area contributed by atoms with E-state index in [1.165, 1.54) is 0 Å². The van der Waals surface area contributed by atoms with Gasteiger partial charge in [-0.3, -0.25) is 14.6 Å². The normalized spacial score (nSPS) is 15.6. The van der Waals surface area contributed by atoms with Gasteiger partial charge in [-0.2, -0.15) is 0 Å². The molecular formula is C15H22N4O3. The third kappa shape index (κ3) is 4.16. The van der Waals surface area contributed by atoms with E-state index in [4.69, 9.17) is 5.11 Å². The molecule has 22 heavy (non-hydrogen) atoms. The third-order valence-corrected chi connectivity index (χ3v) is 4.01. The minimum atomic E-state index is -0.872. The van der Waals surface area contributed by atoms with E-state index in [0.29, 0.717) is 6.54 Å². The highest BCUT2D eigenvalue weighted by Crippen LogP contribution is 2.22. The fourth-order valence-corrected chi connectivity index (χ4v) is 2.72. The lowest BCUT2D eigenvalue weighted by Crippen LogP contribution is -2.43. The lowest BCUT2D eigenvalue weighted by Gasteiger charge is -2.34. The maximum atomic E-state index is 12.5. The Balaban J connectivity index is 1.87. The van der Waals surface area contributed by atoms with Crippen molar-refractivity contribution < 1.29 is 14.7 Å². The van der Waals surface area contributed by atoms with Crippen LogP contribution in [0.4, 0.5) is 5.82 Å². The SMILES string of the molecule is CCN(CCC(=O)O)C(=O)C1CCN(c2cnccn2)CC1. The molecule has 1 N–H and O–H groups in total. The number of aromatic nitrogens is 2. The molecule has 0 spiro atoms. The molecule has 1 fully saturated rings. The number of carbonyl (C=O) groups excluding carboxylic acids is 1. The Labute approximate surface area is 130 Å². The zero-order chi connectivity index (χ0) is 15.9. The molecule has 1 aliphatic heterocycles. The number of carbonyl (C=O) groups is 2. The van der Waals surface area contributed by atoms with Crippen molar-refractivity contribution in [1.29, 1.82) is 0 Å². The van der Waals surface area contributed by atoms with E-state index in [2.05, 4.69) is 14.9 Å². The first-order chi connectivity index (χ1) is 10.6. The van der Waals surface area contributed by atoms with Crippen molar-refractivity contribution >= 4 is 17.7 Å². The number of carboxylic acids is 1. The average Bonchev–Trinajstić information content (AvgIpc) is 2.56. The van der Waals surface area contributed by atoms with Crippen LogP contribution in [0.25, 0.3) is 0 Å². The zero-order valence-electron chi connectivity index (χ0n) is 12.8. The van der Waals surface area contributed by atoms with Crippen LogP contribution in [0.15, 0.2) is 18.6 Å². The molecule has 0 bridgehead atoms. The van der Waals surface area contributed by atoms with Gasteiger partial charge in [-0.1, -0.05) is 0 Å². The summed E-state index contributed by atoms with van der Waals surface area (Å²) in [5.74, 6) is 0.0135. The Kier molecular flexibility index (Phi) is 5.68. The van der Waals surface area contributed by atoms with Crippen LogP contribution in [0.5, 0.6) is 0 Å². The molecule has 120 valence electrons. The Morgan fingerprint density at radius 2 is 2.09 bits per heavy atom. The van der Waals surface area contributed by atoms with Crippen LogP contribution in [-0.4, -0.2) is 58.0 Å². The van der Waals surface area contributed by atoms with Gasteiger partial charge in [0.05, 0.1) is 12.6 Å². The second-order valence-electron chi connectivity index (χ2n) is 5.39. The van der Waals surface area contributed by atoms with Gasteiger partial charge in [-0.25, -0.2) is 4.98 Å².